The molecular weight excluding hydrogens is 270 g/mol. The van der Waals surface area contributed by atoms with Crippen LogP contribution in [-0.2, 0) is 11.8 Å². The average molecular weight is 289 g/mol. The van der Waals surface area contributed by atoms with E-state index in [-0.39, 0.29) is 11.5 Å². The molecule has 0 saturated heterocycles. The number of rotatable bonds is 2. The van der Waals surface area contributed by atoms with Gasteiger partial charge in [-0.1, -0.05) is 54.6 Å². The Hall–Kier alpha value is -2.32. The third-order valence-electron chi connectivity index (χ3n) is 4.83. The molecule has 22 heavy (non-hydrogen) atoms. The SMILES string of the molecule is CC12C(=CC=CC1N)Oc1cccc(Cc3ccccc3)c12. The number of hydrogen-bond acceptors (Lipinski definition) is 2. The van der Waals surface area contributed by atoms with E-state index in [0.29, 0.717) is 0 Å². The number of benzene rings is 2. The monoisotopic (exact) mass is 289 g/mol. The van der Waals surface area contributed by atoms with Gasteiger partial charge < -0.3 is 10.5 Å². The van der Waals surface area contributed by atoms with Gasteiger partial charge in [0.1, 0.15) is 11.5 Å². The van der Waals surface area contributed by atoms with Crippen molar-refractivity contribution in [1.82, 2.24) is 0 Å². The van der Waals surface area contributed by atoms with Crippen LogP contribution in [0.15, 0.2) is 72.5 Å². The minimum absolute atomic E-state index is 0.0642. The van der Waals surface area contributed by atoms with Crippen molar-refractivity contribution >= 4 is 0 Å². The minimum atomic E-state index is -0.268. The van der Waals surface area contributed by atoms with Crippen molar-refractivity contribution in [3.8, 4) is 5.75 Å². The zero-order valence-electron chi connectivity index (χ0n) is 12.6. The first-order chi connectivity index (χ1) is 10.7. The Morgan fingerprint density at radius 3 is 2.73 bits per heavy atom. The van der Waals surface area contributed by atoms with Gasteiger partial charge in [-0.15, -0.1) is 0 Å². The van der Waals surface area contributed by atoms with Crippen LogP contribution in [0.4, 0.5) is 0 Å². The molecule has 2 N–H and O–H groups in total. The molecule has 0 amide bonds. The number of allylic oxidation sites excluding steroid dienone is 2. The maximum absolute atomic E-state index is 6.42. The second-order valence-corrected chi connectivity index (χ2v) is 6.20. The lowest BCUT2D eigenvalue weighted by molar-refractivity contribution is 0.357. The van der Waals surface area contributed by atoms with E-state index in [1.807, 2.05) is 24.3 Å². The Balaban J connectivity index is 1.84. The molecule has 2 atom stereocenters. The Bertz CT molecular complexity index is 776. The molecule has 1 aliphatic heterocycles. The van der Waals surface area contributed by atoms with E-state index < -0.39 is 0 Å². The van der Waals surface area contributed by atoms with E-state index in [2.05, 4.69) is 49.4 Å². The molecule has 2 heteroatoms. The van der Waals surface area contributed by atoms with Gasteiger partial charge in [0.05, 0.1) is 5.41 Å². The highest BCUT2D eigenvalue weighted by molar-refractivity contribution is 5.59. The zero-order valence-corrected chi connectivity index (χ0v) is 12.6. The second kappa shape index (κ2) is 4.85. The molecule has 110 valence electrons. The first-order valence-electron chi connectivity index (χ1n) is 7.68. The van der Waals surface area contributed by atoms with Crippen LogP contribution in [0.2, 0.25) is 0 Å². The fourth-order valence-corrected chi connectivity index (χ4v) is 3.56. The normalized spacial score (nSPS) is 25.2. The van der Waals surface area contributed by atoms with Gasteiger partial charge in [0.2, 0.25) is 0 Å². The van der Waals surface area contributed by atoms with E-state index in [1.165, 1.54) is 16.7 Å². The van der Waals surface area contributed by atoms with Gasteiger partial charge in [-0.2, -0.15) is 0 Å². The standard InChI is InChI=1S/C20H19NO/c1-20-17(21)11-6-12-18(20)22-16-10-5-9-15(19(16)20)13-14-7-3-2-4-8-14/h2-12,17H,13,21H2,1H3. The van der Waals surface area contributed by atoms with E-state index in [0.717, 1.165) is 17.9 Å². The van der Waals surface area contributed by atoms with Crippen molar-refractivity contribution in [2.45, 2.75) is 24.8 Å². The predicted octanol–water partition coefficient (Wildman–Crippen LogP) is 3.71. The number of fused-ring (bicyclic) bond motifs is 3. The van der Waals surface area contributed by atoms with Crippen molar-refractivity contribution in [2.75, 3.05) is 0 Å². The summed E-state index contributed by atoms with van der Waals surface area (Å²) < 4.78 is 6.09. The lowest BCUT2D eigenvalue weighted by atomic mass is 9.71. The third-order valence-corrected chi connectivity index (χ3v) is 4.83. The summed E-state index contributed by atoms with van der Waals surface area (Å²) >= 11 is 0. The molecule has 2 unspecified atom stereocenters. The fourth-order valence-electron chi connectivity index (χ4n) is 3.56. The summed E-state index contributed by atoms with van der Waals surface area (Å²) in [6, 6.07) is 16.8. The lowest BCUT2D eigenvalue weighted by Gasteiger charge is -2.32. The van der Waals surface area contributed by atoms with Crippen LogP contribution in [0.1, 0.15) is 23.6 Å². The molecule has 2 aliphatic rings. The predicted molar refractivity (Wildman–Crippen MR) is 88.9 cm³/mol. The summed E-state index contributed by atoms with van der Waals surface area (Å²) in [6.07, 6.45) is 6.98. The maximum atomic E-state index is 6.42. The largest absolute Gasteiger partial charge is 0.460 e. The van der Waals surface area contributed by atoms with Gasteiger partial charge >= 0.3 is 0 Å². The number of hydrogen-bond donors (Lipinski definition) is 1. The van der Waals surface area contributed by atoms with E-state index in [1.54, 1.807) is 0 Å². The summed E-state index contributed by atoms with van der Waals surface area (Å²) in [4.78, 5) is 0. The van der Waals surface area contributed by atoms with Crippen molar-refractivity contribution in [1.29, 1.82) is 0 Å². The van der Waals surface area contributed by atoms with Gasteiger partial charge in [0, 0.05) is 11.6 Å². The topological polar surface area (TPSA) is 35.2 Å². The summed E-state index contributed by atoms with van der Waals surface area (Å²) in [5, 5.41) is 0. The van der Waals surface area contributed by atoms with Gasteiger partial charge in [-0.05, 0) is 36.6 Å². The summed E-state index contributed by atoms with van der Waals surface area (Å²) in [7, 11) is 0. The molecular formula is C20H19NO. The Morgan fingerprint density at radius 2 is 1.91 bits per heavy atom. The van der Waals surface area contributed by atoms with Crippen molar-refractivity contribution in [3.05, 3.63) is 89.2 Å². The fraction of sp³-hybridized carbons (Fsp3) is 0.200. The van der Waals surface area contributed by atoms with E-state index >= 15 is 0 Å². The highest BCUT2D eigenvalue weighted by Crippen LogP contribution is 2.50. The Morgan fingerprint density at radius 1 is 1.09 bits per heavy atom. The van der Waals surface area contributed by atoms with Crippen molar-refractivity contribution in [3.63, 3.8) is 0 Å². The smallest absolute Gasteiger partial charge is 0.131 e. The minimum Gasteiger partial charge on any atom is -0.460 e. The molecule has 1 aliphatic carbocycles. The maximum Gasteiger partial charge on any atom is 0.131 e. The molecule has 0 fully saturated rings. The van der Waals surface area contributed by atoms with Crippen LogP contribution >= 0.6 is 0 Å². The number of ether oxygens (including phenoxy) is 1. The molecule has 0 saturated carbocycles. The van der Waals surface area contributed by atoms with Crippen LogP contribution in [-0.4, -0.2) is 6.04 Å². The number of nitrogens with two attached hydrogens (primary N) is 1. The van der Waals surface area contributed by atoms with Crippen LogP contribution in [0.5, 0.6) is 5.75 Å². The third kappa shape index (κ3) is 1.84. The summed E-state index contributed by atoms with van der Waals surface area (Å²) in [5.74, 6) is 1.90. The summed E-state index contributed by atoms with van der Waals surface area (Å²) in [6.45, 7) is 2.19. The molecule has 2 aromatic rings. The van der Waals surface area contributed by atoms with Gasteiger partial charge in [-0.25, -0.2) is 0 Å². The zero-order chi connectivity index (χ0) is 15.2. The quantitative estimate of drug-likeness (QED) is 0.914. The van der Waals surface area contributed by atoms with Gasteiger partial charge in [0.25, 0.3) is 0 Å². The second-order valence-electron chi connectivity index (χ2n) is 6.20. The highest BCUT2D eigenvalue weighted by atomic mass is 16.5. The molecule has 0 spiro atoms. The summed E-state index contributed by atoms with van der Waals surface area (Å²) in [5.41, 5.74) is 9.99. The molecule has 1 heterocycles. The Kier molecular flexibility index (Phi) is 2.95. The molecule has 0 bridgehead atoms. The first kappa shape index (κ1) is 13.4. The van der Waals surface area contributed by atoms with Crippen LogP contribution < -0.4 is 10.5 Å². The van der Waals surface area contributed by atoms with E-state index in [9.17, 15) is 0 Å². The van der Waals surface area contributed by atoms with Crippen molar-refractivity contribution in [2.24, 2.45) is 5.73 Å². The van der Waals surface area contributed by atoms with Gasteiger partial charge in [0.15, 0.2) is 0 Å². The van der Waals surface area contributed by atoms with Crippen LogP contribution in [0, 0.1) is 0 Å². The molecule has 4 rings (SSSR count). The first-order valence-corrected chi connectivity index (χ1v) is 7.68. The van der Waals surface area contributed by atoms with Crippen LogP contribution in [0.3, 0.4) is 0 Å². The highest BCUT2D eigenvalue weighted by Gasteiger charge is 2.47. The average Bonchev–Trinajstić information content (AvgIpc) is 2.84. The molecule has 2 aromatic carbocycles. The molecule has 0 aromatic heterocycles. The van der Waals surface area contributed by atoms with E-state index in [4.69, 9.17) is 10.5 Å². The van der Waals surface area contributed by atoms with Gasteiger partial charge in [-0.3, -0.25) is 0 Å². The molecule has 2 nitrogen and oxygen atoms in total. The molecule has 0 radical (unpaired) electrons. The van der Waals surface area contributed by atoms with Crippen LogP contribution in [0.25, 0.3) is 0 Å². The van der Waals surface area contributed by atoms with Crippen molar-refractivity contribution < 1.29 is 4.74 Å². The Labute approximate surface area is 130 Å². The lowest BCUT2D eigenvalue weighted by Crippen LogP contribution is -2.43.